The van der Waals surface area contributed by atoms with Crippen molar-refractivity contribution in [2.24, 2.45) is 5.73 Å². The molecular formula is C10H12ClNOS. The number of hydrogen-bond acceptors (Lipinski definition) is 3. The number of halogens is 1. The number of nitrogens with two attached hydrogens (primary N) is 1. The molecule has 1 atom stereocenters. The van der Waals surface area contributed by atoms with Gasteiger partial charge in [-0.1, -0.05) is 11.6 Å². The molecule has 0 aliphatic rings. The highest BCUT2D eigenvalue weighted by molar-refractivity contribution is 7.98. The molecule has 0 fully saturated rings. The molecule has 1 aromatic rings. The van der Waals surface area contributed by atoms with Crippen LogP contribution in [0, 0.1) is 0 Å². The Morgan fingerprint density at radius 3 is 2.71 bits per heavy atom. The fourth-order valence-electron chi connectivity index (χ4n) is 1.12. The van der Waals surface area contributed by atoms with Gasteiger partial charge in [0.25, 0.3) is 0 Å². The molecule has 4 heteroatoms. The second-order valence-corrected chi connectivity index (χ2v) is 4.28. The van der Waals surface area contributed by atoms with E-state index in [2.05, 4.69) is 0 Å². The minimum Gasteiger partial charge on any atom is -0.321 e. The molecule has 0 saturated heterocycles. The van der Waals surface area contributed by atoms with Crippen LogP contribution in [0.3, 0.4) is 0 Å². The van der Waals surface area contributed by atoms with E-state index in [-0.39, 0.29) is 5.78 Å². The van der Waals surface area contributed by atoms with Gasteiger partial charge in [-0.25, -0.2) is 0 Å². The Kier molecular flexibility index (Phi) is 3.98. The third kappa shape index (κ3) is 2.50. The Morgan fingerprint density at radius 1 is 1.57 bits per heavy atom. The number of thioether (sulfide) groups is 1. The normalized spacial score (nSPS) is 12.6. The average molecular weight is 230 g/mol. The molecular weight excluding hydrogens is 218 g/mol. The van der Waals surface area contributed by atoms with Crippen molar-refractivity contribution >= 4 is 29.1 Å². The topological polar surface area (TPSA) is 43.1 Å². The average Bonchev–Trinajstić information content (AvgIpc) is 2.16. The number of Topliss-reactive ketones (excluding diaryl/α,β-unsaturated/α-hetero) is 1. The van der Waals surface area contributed by atoms with Crippen LogP contribution in [0.15, 0.2) is 23.1 Å². The van der Waals surface area contributed by atoms with Gasteiger partial charge in [0.1, 0.15) is 0 Å². The second kappa shape index (κ2) is 4.82. The summed E-state index contributed by atoms with van der Waals surface area (Å²) in [6.45, 7) is 1.67. The molecule has 0 saturated carbocycles. The third-order valence-electron chi connectivity index (χ3n) is 1.84. The van der Waals surface area contributed by atoms with E-state index in [1.54, 1.807) is 19.1 Å². The first-order chi connectivity index (χ1) is 6.56. The lowest BCUT2D eigenvalue weighted by molar-refractivity contribution is 0.0965. The van der Waals surface area contributed by atoms with Crippen molar-refractivity contribution in [3.63, 3.8) is 0 Å². The van der Waals surface area contributed by atoms with E-state index in [0.29, 0.717) is 10.6 Å². The van der Waals surface area contributed by atoms with Crippen molar-refractivity contribution in [2.45, 2.75) is 17.9 Å². The molecule has 0 aliphatic carbocycles. The maximum atomic E-state index is 11.7. The second-order valence-electron chi connectivity index (χ2n) is 3.00. The summed E-state index contributed by atoms with van der Waals surface area (Å²) >= 11 is 7.34. The van der Waals surface area contributed by atoms with E-state index in [1.807, 2.05) is 12.3 Å². The lowest BCUT2D eigenvalue weighted by Gasteiger charge is -2.09. The predicted octanol–water partition coefficient (Wildman–Crippen LogP) is 2.59. The molecule has 1 unspecified atom stereocenters. The first kappa shape index (κ1) is 11.6. The zero-order chi connectivity index (χ0) is 10.7. The number of ketones is 1. The predicted molar refractivity (Wildman–Crippen MR) is 61.2 cm³/mol. The van der Waals surface area contributed by atoms with Gasteiger partial charge in [0.15, 0.2) is 5.78 Å². The van der Waals surface area contributed by atoms with Gasteiger partial charge in [0, 0.05) is 15.5 Å². The zero-order valence-corrected chi connectivity index (χ0v) is 9.65. The molecule has 0 aromatic heterocycles. The highest BCUT2D eigenvalue weighted by atomic mass is 35.5. The molecule has 0 bridgehead atoms. The van der Waals surface area contributed by atoms with E-state index in [1.165, 1.54) is 11.8 Å². The monoisotopic (exact) mass is 229 g/mol. The first-order valence-corrected chi connectivity index (χ1v) is 5.80. The molecule has 2 N–H and O–H groups in total. The van der Waals surface area contributed by atoms with Crippen LogP contribution >= 0.6 is 23.4 Å². The summed E-state index contributed by atoms with van der Waals surface area (Å²) in [5, 5.41) is 0.562. The van der Waals surface area contributed by atoms with Crippen molar-refractivity contribution < 1.29 is 4.79 Å². The summed E-state index contributed by atoms with van der Waals surface area (Å²) in [5.74, 6) is -0.0724. The molecule has 0 spiro atoms. The van der Waals surface area contributed by atoms with Gasteiger partial charge >= 0.3 is 0 Å². The van der Waals surface area contributed by atoms with E-state index >= 15 is 0 Å². The highest BCUT2D eigenvalue weighted by Crippen LogP contribution is 2.24. The van der Waals surface area contributed by atoms with Gasteiger partial charge in [-0.2, -0.15) is 0 Å². The molecule has 1 rings (SSSR count). The Balaban J connectivity index is 3.17. The van der Waals surface area contributed by atoms with Crippen LogP contribution in [0.25, 0.3) is 0 Å². The van der Waals surface area contributed by atoms with Gasteiger partial charge < -0.3 is 5.73 Å². The summed E-state index contributed by atoms with van der Waals surface area (Å²) in [7, 11) is 0. The van der Waals surface area contributed by atoms with Gasteiger partial charge in [0.05, 0.1) is 6.04 Å². The van der Waals surface area contributed by atoms with Crippen LogP contribution in [-0.4, -0.2) is 18.1 Å². The number of carbonyl (C=O) groups excluding carboxylic acids is 1. The van der Waals surface area contributed by atoms with E-state index < -0.39 is 6.04 Å². The van der Waals surface area contributed by atoms with Crippen molar-refractivity contribution in [3.05, 3.63) is 28.8 Å². The molecule has 0 aliphatic heterocycles. The summed E-state index contributed by atoms with van der Waals surface area (Å²) < 4.78 is 0. The van der Waals surface area contributed by atoms with Crippen LogP contribution < -0.4 is 5.73 Å². The van der Waals surface area contributed by atoms with Crippen LogP contribution in [0.4, 0.5) is 0 Å². The first-order valence-electron chi connectivity index (χ1n) is 4.19. The number of hydrogen-bond donors (Lipinski definition) is 1. The Hall–Kier alpha value is -0.510. The Morgan fingerprint density at radius 2 is 2.21 bits per heavy atom. The van der Waals surface area contributed by atoms with Crippen LogP contribution in [0.1, 0.15) is 17.3 Å². The fraction of sp³-hybridized carbons (Fsp3) is 0.300. The largest absolute Gasteiger partial charge is 0.321 e. The number of benzene rings is 1. The van der Waals surface area contributed by atoms with E-state index in [0.717, 1.165) is 4.90 Å². The molecule has 14 heavy (non-hydrogen) atoms. The SMILES string of the molecule is CSc1ccc(Cl)cc1C(=O)C(C)N. The zero-order valence-electron chi connectivity index (χ0n) is 8.08. The molecule has 0 radical (unpaired) electrons. The van der Waals surface area contributed by atoms with Crippen molar-refractivity contribution in [3.8, 4) is 0 Å². The van der Waals surface area contributed by atoms with Crippen LogP contribution in [0.5, 0.6) is 0 Å². The Labute approximate surface area is 92.8 Å². The molecule has 76 valence electrons. The van der Waals surface area contributed by atoms with E-state index in [4.69, 9.17) is 17.3 Å². The molecule has 1 aromatic carbocycles. The van der Waals surface area contributed by atoms with Gasteiger partial charge in [-0.15, -0.1) is 11.8 Å². The summed E-state index contributed by atoms with van der Waals surface area (Å²) in [6.07, 6.45) is 1.92. The molecule has 0 heterocycles. The van der Waals surface area contributed by atoms with Gasteiger partial charge in [-0.3, -0.25) is 4.79 Å². The van der Waals surface area contributed by atoms with Gasteiger partial charge in [0.2, 0.25) is 0 Å². The maximum Gasteiger partial charge on any atom is 0.180 e. The minimum absolute atomic E-state index is 0.0724. The minimum atomic E-state index is -0.487. The van der Waals surface area contributed by atoms with Crippen molar-refractivity contribution in [1.29, 1.82) is 0 Å². The Bertz CT molecular complexity index is 352. The number of carbonyl (C=O) groups is 1. The van der Waals surface area contributed by atoms with Crippen LogP contribution in [-0.2, 0) is 0 Å². The number of rotatable bonds is 3. The summed E-state index contributed by atoms with van der Waals surface area (Å²) in [5.41, 5.74) is 6.15. The van der Waals surface area contributed by atoms with Crippen molar-refractivity contribution in [1.82, 2.24) is 0 Å². The lowest BCUT2D eigenvalue weighted by atomic mass is 10.1. The third-order valence-corrected chi connectivity index (χ3v) is 2.87. The van der Waals surface area contributed by atoms with E-state index in [9.17, 15) is 4.79 Å². The smallest absolute Gasteiger partial charge is 0.180 e. The quantitative estimate of drug-likeness (QED) is 0.640. The highest BCUT2D eigenvalue weighted by Gasteiger charge is 2.15. The summed E-state index contributed by atoms with van der Waals surface area (Å²) in [4.78, 5) is 12.6. The summed E-state index contributed by atoms with van der Waals surface area (Å²) in [6, 6.07) is 4.78. The van der Waals surface area contributed by atoms with Gasteiger partial charge in [-0.05, 0) is 31.4 Å². The maximum absolute atomic E-state index is 11.7. The molecule has 0 amide bonds. The lowest BCUT2D eigenvalue weighted by Crippen LogP contribution is -2.27. The standard InChI is InChI=1S/C10H12ClNOS/c1-6(12)10(13)8-5-7(11)3-4-9(8)14-2/h3-6H,12H2,1-2H3. The molecule has 2 nitrogen and oxygen atoms in total. The fourth-order valence-corrected chi connectivity index (χ4v) is 1.87. The van der Waals surface area contributed by atoms with Crippen molar-refractivity contribution in [2.75, 3.05) is 6.26 Å². The van der Waals surface area contributed by atoms with Crippen LogP contribution in [0.2, 0.25) is 5.02 Å².